The van der Waals surface area contributed by atoms with Gasteiger partial charge in [-0.1, -0.05) is 0 Å². The number of H-pyrrole nitrogens is 1. The van der Waals surface area contributed by atoms with Crippen molar-refractivity contribution >= 4 is 28.4 Å². The molecule has 2 aromatic carbocycles. The summed E-state index contributed by atoms with van der Waals surface area (Å²) in [7, 11) is 0. The zero-order chi connectivity index (χ0) is 31.7. The van der Waals surface area contributed by atoms with Gasteiger partial charge in [0.2, 0.25) is 0 Å². The number of nitrogens with zero attached hydrogens (tertiary/aromatic N) is 4. The van der Waals surface area contributed by atoms with Crippen molar-refractivity contribution in [1.82, 2.24) is 24.3 Å². The number of anilines is 2. The maximum Gasteiger partial charge on any atom is 0.335 e. The highest BCUT2D eigenvalue weighted by molar-refractivity contribution is 6.04. The highest BCUT2D eigenvalue weighted by atomic mass is 19.2. The van der Waals surface area contributed by atoms with Crippen LogP contribution >= 0.6 is 0 Å². The topological polar surface area (TPSA) is 156 Å². The lowest BCUT2D eigenvalue weighted by atomic mass is 10.2. The SMILES string of the molecule is CC(C)n1cc(C(=O)Nc2ccc(Oc3ccnc4[nH]nc(N[C@H](C)CO)c34)c(F)c2)c(=O)n(-c2ccc(F)c(F)c2)c1=O. The van der Waals surface area contributed by atoms with E-state index in [0.717, 1.165) is 29.0 Å². The van der Waals surface area contributed by atoms with Gasteiger partial charge in [-0.05, 0) is 45.0 Å². The molecule has 3 heterocycles. The van der Waals surface area contributed by atoms with Crippen LogP contribution in [0.4, 0.5) is 24.7 Å². The summed E-state index contributed by atoms with van der Waals surface area (Å²) in [6.45, 7) is 4.83. The molecule has 44 heavy (non-hydrogen) atoms. The van der Waals surface area contributed by atoms with E-state index in [-0.39, 0.29) is 35.5 Å². The average molecular weight is 610 g/mol. The number of rotatable bonds is 9. The van der Waals surface area contributed by atoms with E-state index >= 15 is 4.39 Å². The third kappa shape index (κ3) is 5.76. The molecule has 5 aromatic rings. The number of hydrogen-bond donors (Lipinski definition) is 4. The fraction of sp³-hybridized carbons (Fsp3) is 0.207. The molecule has 15 heteroatoms. The summed E-state index contributed by atoms with van der Waals surface area (Å²) < 4.78 is 50.1. The summed E-state index contributed by atoms with van der Waals surface area (Å²) >= 11 is 0. The van der Waals surface area contributed by atoms with Crippen molar-refractivity contribution in [2.24, 2.45) is 0 Å². The predicted octanol–water partition coefficient (Wildman–Crippen LogP) is 4.11. The highest BCUT2D eigenvalue weighted by Gasteiger charge is 2.22. The van der Waals surface area contributed by atoms with Crippen molar-refractivity contribution < 1.29 is 27.8 Å². The molecule has 0 saturated heterocycles. The van der Waals surface area contributed by atoms with Crippen LogP contribution in [0, 0.1) is 17.5 Å². The van der Waals surface area contributed by atoms with Crippen molar-refractivity contribution in [3.05, 3.63) is 98.7 Å². The number of amides is 1. The number of pyridine rings is 1. The van der Waals surface area contributed by atoms with E-state index in [1.54, 1.807) is 20.8 Å². The van der Waals surface area contributed by atoms with Crippen LogP contribution in [0.15, 0.2) is 64.4 Å². The van der Waals surface area contributed by atoms with Gasteiger partial charge in [-0.25, -0.2) is 27.5 Å². The van der Waals surface area contributed by atoms with Crippen molar-refractivity contribution in [2.45, 2.75) is 32.9 Å². The minimum absolute atomic E-state index is 0.0387. The number of aromatic amines is 1. The van der Waals surface area contributed by atoms with Crippen molar-refractivity contribution in [1.29, 1.82) is 0 Å². The molecule has 12 nitrogen and oxygen atoms in total. The first-order chi connectivity index (χ1) is 21.0. The first-order valence-electron chi connectivity index (χ1n) is 13.3. The molecule has 4 N–H and O–H groups in total. The van der Waals surface area contributed by atoms with Crippen molar-refractivity contribution in [2.75, 3.05) is 17.2 Å². The zero-order valence-electron chi connectivity index (χ0n) is 23.6. The molecular formula is C29H26F3N7O5. The Hall–Kier alpha value is -5.44. The number of nitrogens with one attached hydrogen (secondary N) is 3. The van der Waals surface area contributed by atoms with E-state index in [0.29, 0.717) is 27.5 Å². The van der Waals surface area contributed by atoms with Crippen LogP contribution < -0.4 is 26.6 Å². The minimum atomic E-state index is -1.29. The number of hydrogen-bond acceptors (Lipinski definition) is 8. The number of carbonyl (C=O) groups excluding carboxylic acids is 1. The van der Waals surface area contributed by atoms with Crippen LogP contribution in [0.3, 0.4) is 0 Å². The Kier molecular flexibility index (Phi) is 8.22. The lowest BCUT2D eigenvalue weighted by Crippen LogP contribution is -2.42. The Labute approximate surface area is 246 Å². The van der Waals surface area contributed by atoms with Crippen molar-refractivity contribution in [3.63, 3.8) is 0 Å². The predicted molar refractivity (Wildman–Crippen MR) is 155 cm³/mol. The number of halogens is 3. The quantitative estimate of drug-likeness (QED) is 0.195. The minimum Gasteiger partial charge on any atom is -0.453 e. The molecule has 0 aliphatic rings. The summed E-state index contributed by atoms with van der Waals surface area (Å²) in [5, 5.41) is 22.1. The molecule has 0 unspecified atom stereocenters. The molecule has 0 spiro atoms. The second kappa shape index (κ2) is 12.0. The maximum absolute atomic E-state index is 15.2. The fourth-order valence-electron chi connectivity index (χ4n) is 4.32. The van der Waals surface area contributed by atoms with Crippen LogP contribution in [0.1, 0.15) is 37.2 Å². The number of benzene rings is 2. The van der Waals surface area contributed by atoms with Crippen LogP contribution in [0.25, 0.3) is 16.7 Å². The molecule has 0 saturated carbocycles. The van der Waals surface area contributed by atoms with Crippen LogP contribution in [0.2, 0.25) is 0 Å². The third-order valence-corrected chi connectivity index (χ3v) is 6.57. The molecule has 0 radical (unpaired) electrons. The third-order valence-electron chi connectivity index (χ3n) is 6.57. The van der Waals surface area contributed by atoms with Gasteiger partial charge in [0.15, 0.2) is 34.7 Å². The highest BCUT2D eigenvalue weighted by Crippen LogP contribution is 2.34. The molecule has 0 aliphatic carbocycles. The van der Waals surface area contributed by atoms with Gasteiger partial charge in [0, 0.05) is 48.4 Å². The largest absolute Gasteiger partial charge is 0.453 e. The molecule has 1 amide bonds. The van der Waals surface area contributed by atoms with Crippen LogP contribution in [-0.4, -0.2) is 48.0 Å². The number of ether oxygens (including phenoxy) is 1. The number of aliphatic hydroxyl groups is 1. The lowest BCUT2D eigenvalue weighted by Gasteiger charge is -2.16. The molecule has 228 valence electrons. The summed E-state index contributed by atoms with van der Waals surface area (Å²) in [6.07, 6.45) is 2.49. The summed E-state index contributed by atoms with van der Waals surface area (Å²) in [5.74, 6) is -3.96. The zero-order valence-corrected chi connectivity index (χ0v) is 23.6. The van der Waals surface area contributed by atoms with Gasteiger partial charge in [0.1, 0.15) is 16.7 Å². The van der Waals surface area contributed by atoms with E-state index in [2.05, 4.69) is 25.8 Å². The Balaban J connectivity index is 1.45. The van der Waals surface area contributed by atoms with Gasteiger partial charge in [-0.3, -0.25) is 19.3 Å². The van der Waals surface area contributed by atoms with Gasteiger partial charge in [0.05, 0.1) is 12.3 Å². The average Bonchev–Trinajstić information content (AvgIpc) is 3.39. The van der Waals surface area contributed by atoms with Gasteiger partial charge < -0.3 is 20.5 Å². The molecule has 0 bridgehead atoms. The second-order valence-electron chi connectivity index (χ2n) is 10.1. The Bertz CT molecular complexity index is 2000. The Morgan fingerprint density at radius 3 is 2.48 bits per heavy atom. The monoisotopic (exact) mass is 609 g/mol. The summed E-state index contributed by atoms with van der Waals surface area (Å²) in [5.41, 5.74) is -2.41. The number of aromatic nitrogens is 5. The molecule has 0 aliphatic heterocycles. The fourth-order valence-corrected chi connectivity index (χ4v) is 4.32. The van der Waals surface area contributed by atoms with Crippen LogP contribution in [0.5, 0.6) is 11.5 Å². The van der Waals surface area contributed by atoms with E-state index in [1.807, 2.05) is 0 Å². The van der Waals surface area contributed by atoms with E-state index in [1.165, 1.54) is 24.4 Å². The molecular weight excluding hydrogens is 583 g/mol. The van der Waals surface area contributed by atoms with Gasteiger partial charge in [-0.2, -0.15) is 5.10 Å². The first kappa shape index (κ1) is 30.0. The Morgan fingerprint density at radius 2 is 1.80 bits per heavy atom. The molecule has 0 fully saturated rings. The Morgan fingerprint density at radius 1 is 1.02 bits per heavy atom. The molecule has 5 rings (SSSR count). The number of fused-ring (bicyclic) bond motifs is 1. The standard InChI is InChI=1S/C29H26F3N7O5/c1-14(2)38-12-18(28(42)39(29(38)43)17-5-6-19(30)20(31)11-17)27(41)35-16-4-7-22(21(32)10-16)44-23-8-9-33-25-24(23)26(37-36-25)34-15(3)13-40/h4-12,14-15,40H,13H2,1-3H3,(H,35,41)(H2,33,34,36,37)/t15-/m1/s1. The number of aliphatic hydroxyl groups excluding tert-OH is 1. The van der Waals surface area contributed by atoms with Crippen LogP contribution in [-0.2, 0) is 0 Å². The lowest BCUT2D eigenvalue weighted by molar-refractivity contribution is 0.102. The van der Waals surface area contributed by atoms with E-state index < -0.39 is 46.2 Å². The van der Waals surface area contributed by atoms with Gasteiger partial charge in [-0.15, -0.1) is 0 Å². The maximum atomic E-state index is 15.2. The van der Waals surface area contributed by atoms with E-state index in [4.69, 9.17) is 4.74 Å². The first-order valence-corrected chi connectivity index (χ1v) is 13.3. The second-order valence-corrected chi connectivity index (χ2v) is 10.1. The number of carbonyl (C=O) groups is 1. The van der Waals surface area contributed by atoms with Gasteiger partial charge >= 0.3 is 5.69 Å². The van der Waals surface area contributed by atoms with E-state index in [9.17, 15) is 28.3 Å². The molecule has 1 atom stereocenters. The summed E-state index contributed by atoms with van der Waals surface area (Å²) in [6, 6.07) is 6.68. The molecule has 3 aromatic heterocycles. The van der Waals surface area contributed by atoms with Gasteiger partial charge in [0.25, 0.3) is 11.5 Å². The van der Waals surface area contributed by atoms with Crippen molar-refractivity contribution in [3.8, 4) is 17.2 Å². The normalized spacial score (nSPS) is 12.0. The smallest absolute Gasteiger partial charge is 0.335 e. The summed E-state index contributed by atoms with van der Waals surface area (Å²) in [4.78, 5) is 43.7.